The van der Waals surface area contributed by atoms with Crippen LogP contribution in [0.15, 0.2) is 79.3 Å². The molecule has 11 heteroatoms. The van der Waals surface area contributed by atoms with Gasteiger partial charge >= 0.3 is 5.97 Å². The normalized spacial score (nSPS) is 19.0. The Balaban J connectivity index is 1.10. The van der Waals surface area contributed by atoms with Gasteiger partial charge in [0.15, 0.2) is 0 Å². The molecule has 4 aromatic rings. The largest absolute Gasteiger partial charge is 0.458 e. The van der Waals surface area contributed by atoms with Gasteiger partial charge in [-0.15, -0.1) is 0 Å². The molecule has 10 nitrogen and oxygen atoms in total. The number of halogens is 1. The number of hydrogen-bond acceptors (Lipinski definition) is 7. The molecule has 0 radical (unpaired) electrons. The molecular weight excluding hydrogens is 601 g/mol. The van der Waals surface area contributed by atoms with E-state index in [1.807, 2.05) is 25.1 Å². The highest BCUT2D eigenvalue weighted by Crippen LogP contribution is 2.33. The van der Waals surface area contributed by atoms with Crippen molar-refractivity contribution in [3.63, 3.8) is 0 Å². The zero-order valence-electron chi connectivity index (χ0n) is 26.3. The van der Waals surface area contributed by atoms with Crippen LogP contribution in [0.2, 0.25) is 0 Å². The monoisotopic (exact) mass is 635 g/mol. The molecule has 2 aromatic carbocycles. The van der Waals surface area contributed by atoms with E-state index in [0.29, 0.717) is 36.2 Å². The number of benzene rings is 2. The second-order valence-corrected chi connectivity index (χ2v) is 12.1. The molecule has 6 rings (SSSR count). The van der Waals surface area contributed by atoms with Crippen molar-refractivity contribution in [3.8, 4) is 11.1 Å². The summed E-state index contributed by atoms with van der Waals surface area (Å²) >= 11 is 0. The number of aromatic nitrogens is 2. The summed E-state index contributed by atoms with van der Waals surface area (Å²) in [5.74, 6) is -2.14. The number of aryl methyl sites for hydroxylation is 1. The molecule has 47 heavy (non-hydrogen) atoms. The second-order valence-electron chi connectivity index (χ2n) is 12.1. The van der Waals surface area contributed by atoms with E-state index in [9.17, 15) is 23.6 Å². The molecule has 3 heterocycles. The first-order chi connectivity index (χ1) is 22.6. The fourth-order valence-electron chi connectivity index (χ4n) is 5.93. The number of pyridine rings is 2. The number of fused-ring (bicyclic) bond motifs is 1. The number of nitrogens with zero attached hydrogens (tertiary/aromatic N) is 4. The summed E-state index contributed by atoms with van der Waals surface area (Å²) in [6, 6.07) is 15.5. The smallest absolute Gasteiger partial charge is 0.357 e. The highest BCUT2D eigenvalue weighted by atomic mass is 19.1. The Morgan fingerprint density at radius 3 is 2.49 bits per heavy atom. The van der Waals surface area contributed by atoms with Gasteiger partial charge in [0, 0.05) is 44.3 Å². The van der Waals surface area contributed by atoms with Gasteiger partial charge < -0.3 is 19.9 Å². The second kappa shape index (κ2) is 13.1. The maximum absolute atomic E-state index is 14.8. The number of rotatable bonds is 8. The molecule has 1 saturated carbocycles. The number of ether oxygens (including phenoxy) is 1. The number of likely N-dealkylation sites (N-methyl/N-ethyl adjacent to an activating group) is 1. The summed E-state index contributed by atoms with van der Waals surface area (Å²) in [6.45, 7) is 3.78. The first kappa shape index (κ1) is 31.5. The Hall–Kier alpha value is -5.45. The van der Waals surface area contributed by atoms with Crippen molar-refractivity contribution in [1.82, 2.24) is 20.2 Å². The van der Waals surface area contributed by atoms with Crippen LogP contribution in [0.25, 0.3) is 11.1 Å². The van der Waals surface area contributed by atoms with Crippen molar-refractivity contribution in [2.45, 2.75) is 45.4 Å². The zero-order chi connectivity index (χ0) is 33.2. The molecule has 1 fully saturated rings. The summed E-state index contributed by atoms with van der Waals surface area (Å²) in [6.07, 6.45) is 5.88. The predicted octanol–water partition coefficient (Wildman–Crippen LogP) is 4.96. The predicted molar refractivity (Wildman–Crippen MR) is 172 cm³/mol. The summed E-state index contributed by atoms with van der Waals surface area (Å²) < 4.78 is 20.3. The number of nitrogens with one attached hydrogen (secondary N) is 1. The van der Waals surface area contributed by atoms with Gasteiger partial charge in [-0.3, -0.25) is 19.4 Å². The van der Waals surface area contributed by atoms with Crippen LogP contribution >= 0.6 is 0 Å². The van der Waals surface area contributed by atoms with E-state index in [-0.39, 0.29) is 41.6 Å². The Kier molecular flexibility index (Phi) is 8.80. The van der Waals surface area contributed by atoms with Crippen LogP contribution in [0, 0.1) is 18.7 Å². The molecule has 1 atom stereocenters. The van der Waals surface area contributed by atoms with Crippen molar-refractivity contribution >= 4 is 29.4 Å². The molecule has 0 saturated heterocycles. The third-order valence-corrected chi connectivity index (χ3v) is 8.73. The Labute approximate surface area is 271 Å². The molecule has 0 unspecified atom stereocenters. The number of anilines is 1. The average molecular weight is 636 g/mol. The molecule has 0 spiro atoms. The lowest BCUT2D eigenvalue weighted by molar-refractivity contribution is -0.122. The van der Waals surface area contributed by atoms with Gasteiger partial charge in [-0.2, -0.15) is 0 Å². The van der Waals surface area contributed by atoms with E-state index in [0.717, 1.165) is 22.8 Å². The molecule has 1 aliphatic heterocycles. The van der Waals surface area contributed by atoms with Crippen molar-refractivity contribution in [2.24, 2.45) is 5.92 Å². The third-order valence-electron chi connectivity index (χ3n) is 8.73. The molecular formula is C36H34FN5O5. The van der Waals surface area contributed by atoms with Gasteiger partial charge in [0.1, 0.15) is 23.7 Å². The van der Waals surface area contributed by atoms with Gasteiger partial charge in [0.2, 0.25) is 5.91 Å². The van der Waals surface area contributed by atoms with Gasteiger partial charge in [0.05, 0.1) is 11.3 Å². The van der Waals surface area contributed by atoms with Gasteiger partial charge in [-0.1, -0.05) is 12.1 Å². The van der Waals surface area contributed by atoms with E-state index < -0.39 is 23.7 Å². The molecule has 1 aliphatic carbocycles. The third kappa shape index (κ3) is 6.74. The number of amides is 3. The van der Waals surface area contributed by atoms with Gasteiger partial charge in [-0.05, 0) is 103 Å². The van der Waals surface area contributed by atoms with Crippen molar-refractivity contribution in [3.05, 3.63) is 113 Å². The lowest BCUT2D eigenvalue weighted by Gasteiger charge is -2.34. The molecule has 240 valence electrons. The van der Waals surface area contributed by atoms with Crippen molar-refractivity contribution in [1.29, 1.82) is 0 Å². The minimum absolute atomic E-state index is 0.0747. The Morgan fingerprint density at radius 2 is 1.77 bits per heavy atom. The van der Waals surface area contributed by atoms with E-state index in [1.54, 1.807) is 56.8 Å². The fourth-order valence-corrected chi connectivity index (χ4v) is 5.93. The number of hydrogen-bond donors (Lipinski definition) is 1. The van der Waals surface area contributed by atoms with Gasteiger partial charge in [0.25, 0.3) is 11.8 Å². The standard InChI is InChI=1S/C36H34FN5O5/c1-21-4-7-31(39-18-21)36(46)47-29-14-23(15-29)19-40-33(43)27-12-24(13-28(37)16-27)20-42-22(2)34(44)41(3)32-17-26(5-6-30(32)35(42)45)25-8-10-38-11-9-25/h4-13,16-18,22-23,29H,14-15,19-20H2,1-3H3,(H,40,43)/t22-,23-,29+/m1/s1. The lowest BCUT2D eigenvalue weighted by Crippen LogP contribution is -2.45. The molecule has 2 aromatic heterocycles. The van der Waals surface area contributed by atoms with Gasteiger partial charge in [-0.25, -0.2) is 14.2 Å². The maximum Gasteiger partial charge on any atom is 0.357 e. The molecule has 2 aliphatic rings. The van der Waals surface area contributed by atoms with E-state index in [2.05, 4.69) is 15.3 Å². The molecule has 0 bridgehead atoms. The van der Waals surface area contributed by atoms with Crippen LogP contribution in [-0.2, 0) is 16.1 Å². The average Bonchev–Trinajstić information content (AvgIpc) is 3.12. The van der Waals surface area contributed by atoms with Crippen LogP contribution in [0.5, 0.6) is 0 Å². The van der Waals surface area contributed by atoms with E-state index in [4.69, 9.17) is 4.74 Å². The fraction of sp³-hybridized carbons (Fsp3) is 0.278. The number of esters is 1. The van der Waals surface area contributed by atoms with E-state index in [1.165, 1.54) is 21.9 Å². The van der Waals surface area contributed by atoms with Crippen LogP contribution < -0.4 is 10.2 Å². The number of carbonyl (C=O) groups excluding carboxylic acids is 4. The first-order valence-corrected chi connectivity index (χ1v) is 15.4. The quantitative estimate of drug-likeness (QED) is 0.272. The maximum atomic E-state index is 14.8. The summed E-state index contributed by atoms with van der Waals surface area (Å²) in [4.78, 5) is 63.6. The summed E-state index contributed by atoms with van der Waals surface area (Å²) in [5.41, 5.74) is 4.23. The molecule has 3 amide bonds. The van der Waals surface area contributed by atoms with Crippen LogP contribution in [-0.4, -0.2) is 64.3 Å². The topological polar surface area (TPSA) is 122 Å². The minimum atomic E-state index is -0.840. The van der Waals surface area contributed by atoms with Crippen molar-refractivity contribution in [2.75, 3.05) is 18.5 Å². The van der Waals surface area contributed by atoms with Crippen LogP contribution in [0.3, 0.4) is 0 Å². The lowest BCUT2D eigenvalue weighted by atomic mass is 9.82. The van der Waals surface area contributed by atoms with Crippen LogP contribution in [0.1, 0.15) is 62.1 Å². The Bertz CT molecular complexity index is 1840. The highest BCUT2D eigenvalue weighted by Gasteiger charge is 2.36. The first-order valence-electron chi connectivity index (χ1n) is 15.4. The molecule has 1 N–H and O–H groups in total. The van der Waals surface area contributed by atoms with Crippen LogP contribution in [0.4, 0.5) is 10.1 Å². The number of carbonyl (C=O) groups is 4. The Morgan fingerprint density at radius 1 is 1.00 bits per heavy atom. The summed E-state index contributed by atoms with van der Waals surface area (Å²) in [7, 11) is 1.63. The van der Waals surface area contributed by atoms with Crippen molar-refractivity contribution < 1.29 is 28.3 Å². The highest BCUT2D eigenvalue weighted by molar-refractivity contribution is 6.11. The minimum Gasteiger partial charge on any atom is -0.458 e. The summed E-state index contributed by atoms with van der Waals surface area (Å²) in [5, 5.41) is 2.84. The van der Waals surface area contributed by atoms with E-state index >= 15 is 0 Å². The zero-order valence-corrected chi connectivity index (χ0v) is 26.3. The SMILES string of the molecule is Cc1ccc(C(=O)O[C@H]2C[C@@H](CNC(=O)c3cc(F)cc(CN4C(=O)c5ccc(-c6ccncc6)cc5N(C)C(=O)[C@H]4C)c3)C2)nc1.